The molecule has 2 atom stereocenters. The van der Waals surface area contributed by atoms with Crippen LogP contribution in [0.5, 0.6) is 5.75 Å². The molecule has 0 radical (unpaired) electrons. The first kappa shape index (κ1) is 16.1. The zero-order valence-corrected chi connectivity index (χ0v) is 13.9. The molecule has 23 heavy (non-hydrogen) atoms. The number of amides is 2. The summed E-state index contributed by atoms with van der Waals surface area (Å²) in [6.45, 7) is 2.27. The summed E-state index contributed by atoms with van der Waals surface area (Å²) in [5.74, 6) is 1.46. The lowest BCUT2D eigenvalue weighted by molar-refractivity contribution is 0.196. The number of nitrogens with zero attached hydrogens (tertiary/aromatic N) is 1. The SMILES string of the molecule is COc1ccc2c(c1)CCN(C(=O)NC1CCC(CN)C1)CC2. The number of fused-ring (bicyclic) bond motifs is 1. The van der Waals surface area contributed by atoms with E-state index >= 15 is 0 Å². The molecule has 0 aromatic heterocycles. The lowest BCUT2D eigenvalue weighted by atomic mass is 10.0. The van der Waals surface area contributed by atoms with Gasteiger partial charge < -0.3 is 20.7 Å². The number of benzene rings is 1. The quantitative estimate of drug-likeness (QED) is 0.895. The molecule has 3 N–H and O–H groups in total. The minimum absolute atomic E-state index is 0.0763. The van der Waals surface area contributed by atoms with E-state index in [9.17, 15) is 4.79 Å². The smallest absolute Gasteiger partial charge is 0.317 e. The first-order valence-electron chi connectivity index (χ1n) is 8.61. The molecule has 1 fully saturated rings. The Bertz CT molecular complexity index is 561. The largest absolute Gasteiger partial charge is 0.497 e. The van der Waals surface area contributed by atoms with Crippen molar-refractivity contribution in [1.82, 2.24) is 10.2 Å². The van der Waals surface area contributed by atoms with E-state index in [1.165, 1.54) is 11.1 Å². The Labute approximate surface area is 138 Å². The Morgan fingerprint density at radius 3 is 2.78 bits per heavy atom. The van der Waals surface area contributed by atoms with E-state index in [2.05, 4.69) is 17.4 Å². The first-order chi connectivity index (χ1) is 11.2. The van der Waals surface area contributed by atoms with Crippen LogP contribution in [0.1, 0.15) is 30.4 Å². The molecule has 1 aromatic carbocycles. The molecule has 1 heterocycles. The molecular formula is C18H27N3O2. The zero-order chi connectivity index (χ0) is 16.2. The highest BCUT2D eigenvalue weighted by Gasteiger charge is 2.27. The highest BCUT2D eigenvalue weighted by molar-refractivity contribution is 5.74. The molecule has 5 nitrogen and oxygen atoms in total. The maximum Gasteiger partial charge on any atom is 0.317 e. The highest BCUT2D eigenvalue weighted by Crippen LogP contribution is 2.25. The summed E-state index contributed by atoms with van der Waals surface area (Å²) in [5, 5.41) is 3.20. The standard InChI is InChI=1S/C18H27N3O2/c1-23-17-5-3-14-6-8-21(9-7-15(14)11-17)18(22)20-16-4-2-13(10-16)12-19/h3,5,11,13,16H,2,4,6-10,12,19H2,1H3,(H,20,22). The van der Waals surface area contributed by atoms with Gasteiger partial charge in [-0.05, 0) is 67.8 Å². The first-order valence-corrected chi connectivity index (χ1v) is 8.61. The van der Waals surface area contributed by atoms with E-state index < -0.39 is 0 Å². The van der Waals surface area contributed by atoms with Gasteiger partial charge in [0.15, 0.2) is 0 Å². The number of urea groups is 1. The molecule has 5 heteroatoms. The van der Waals surface area contributed by atoms with Crippen molar-refractivity contribution in [3.05, 3.63) is 29.3 Å². The number of rotatable bonds is 3. The molecule has 1 aliphatic carbocycles. The van der Waals surface area contributed by atoms with Gasteiger partial charge in [0.05, 0.1) is 7.11 Å². The van der Waals surface area contributed by atoms with Crippen molar-refractivity contribution in [1.29, 1.82) is 0 Å². The Hall–Kier alpha value is -1.75. The van der Waals surface area contributed by atoms with Gasteiger partial charge in [-0.2, -0.15) is 0 Å². The fourth-order valence-corrected chi connectivity index (χ4v) is 3.72. The van der Waals surface area contributed by atoms with Crippen LogP contribution in [-0.2, 0) is 12.8 Å². The van der Waals surface area contributed by atoms with Crippen LogP contribution in [0.15, 0.2) is 18.2 Å². The normalized spacial score (nSPS) is 24.0. The predicted octanol–water partition coefficient (Wildman–Crippen LogP) is 1.93. The average molecular weight is 317 g/mol. The van der Waals surface area contributed by atoms with Crippen molar-refractivity contribution >= 4 is 6.03 Å². The van der Waals surface area contributed by atoms with Crippen LogP contribution in [0.25, 0.3) is 0 Å². The Balaban J connectivity index is 1.57. The molecule has 1 saturated carbocycles. The van der Waals surface area contributed by atoms with Gasteiger partial charge in [-0.3, -0.25) is 0 Å². The highest BCUT2D eigenvalue weighted by atomic mass is 16.5. The van der Waals surface area contributed by atoms with Crippen LogP contribution in [0.4, 0.5) is 4.79 Å². The summed E-state index contributed by atoms with van der Waals surface area (Å²) in [4.78, 5) is 14.5. The van der Waals surface area contributed by atoms with Gasteiger partial charge in [-0.15, -0.1) is 0 Å². The summed E-state index contributed by atoms with van der Waals surface area (Å²) in [5.41, 5.74) is 8.35. The summed E-state index contributed by atoms with van der Waals surface area (Å²) < 4.78 is 5.30. The Morgan fingerprint density at radius 2 is 2.09 bits per heavy atom. The van der Waals surface area contributed by atoms with Crippen molar-refractivity contribution in [2.75, 3.05) is 26.7 Å². The second-order valence-corrected chi connectivity index (χ2v) is 6.68. The van der Waals surface area contributed by atoms with E-state index in [0.717, 1.165) is 57.5 Å². The molecule has 3 rings (SSSR count). The average Bonchev–Trinajstić information content (AvgIpc) is 2.91. The Morgan fingerprint density at radius 1 is 1.30 bits per heavy atom. The van der Waals surface area contributed by atoms with E-state index in [-0.39, 0.29) is 6.03 Å². The number of nitrogens with one attached hydrogen (secondary N) is 1. The number of carbonyl (C=O) groups is 1. The van der Waals surface area contributed by atoms with Crippen molar-refractivity contribution in [3.63, 3.8) is 0 Å². The summed E-state index contributed by atoms with van der Waals surface area (Å²) in [6, 6.07) is 6.59. The molecule has 1 aromatic rings. The summed E-state index contributed by atoms with van der Waals surface area (Å²) >= 11 is 0. The number of methoxy groups -OCH3 is 1. The predicted molar refractivity (Wildman–Crippen MR) is 90.7 cm³/mol. The number of nitrogens with two attached hydrogens (primary N) is 1. The molecule has 2 unspecified atom stereocenters. The molecule has 2 amide bonds. The van der Waals surface area contributed by atoms with E-state index in [0.29, 0.717) is 12.0 Å². The number of ether oxygens (including phenoxy) is 1. The van der Waals surface area contributed by atoms with Crippen molar-refractivity contribution in [2.45, 2.75) is 38.1 Å². The van der Waals surface area contributed by atoms with E-state index in [4.69, 9.17) is 10.5 Å². The molecule has 2 aliphatic rings. The fourth-order valence-electron chi connectivity index (χ4n) is 3.72. The lowest BCUT2D eigenvalue weighted by Gasteiger charge is -2.23. The second kappa shape index (κ2) is 7.21. The van der Waals surface area contributed by atoms with Gasteiger partial charge >= 0.3 is 6.03 Å². The third-order valence-electron chi connectivity index (χ3n) is 5.20. The molecule has 0 bridgehead atoms. The van der Waals surface area contributed by atoms with Crippen molar-refractivity contribution in [2.24, 2.45) is 11.7 Å². The van der Waals surface area contributed by atoms with Gasteiger partial charge in [0, 0.05) is 19.1 Å². The second-order valence-electron chi connectivity index (χ2n) is 6.68. The van der Waals surface area contributed by atoms with Crippen LogP contribution in [0.3, 0.4) is 0 Å². The van der Waals surface area contributed by atoms with Gasteiger partial charge in [0.2, 0.25) is 0 Å². The third kappa shape index (κ3) is 3.78. The van der Waals surface area contributed by atoms with E-state index in [1.807, 2.05) is 11.0 Å². The minimum Gasteiger partial charge on any atom is -0.497 e. The maximum absolute atomic E-state index is 12.5. The summed E-state index contributed by atoms with van der Waals surface area (Å²) in [7, 11) is 1.69. The third-order valence-corrected chi connectivity index (χ3v) is 5.20. The topological polar surface area (TPSA) is 67.6 Å². The molecule has 0 saturated heterocycles. The lowest BCUT2D eigenvalue weighted by Crippen LogP contribution is -2.45. The fraction of sp³-hybridized carbons (Fsp3) is 0.611. The summed E-state index contributed by atoms with van der Waals surface area (Å²) in [6.07, 6.45) is 5.00. The number of hydrogen-bond acceptors (Lipinski definition) is 3. The van der Waals surface area contributed by atoms with Gasteiger partial charge in [-0.1, -0.05) is 6.07 Å². The number of carbonyl (C=O) groups excluding carboxylic acids is 1. The van der Waals surface area contributed by atoms with Crippen LogP contribution in [0, 0.1) is 5.92 Å². The zero-order valence-electron chi connectivity index (χ0n) is 13.9. The van der Waals surface area contributed by atoms with Gasteiger partial charge in [0.25, 0.3) is 0 Å². The van der Waals surface area contributed by atoms with Gasteiger partial charge in [0.1, 0.15) is 5.75 Å². The van der Waals surface area contributed by atoms with Crippen LogP contribution >= 0.6 is 0 Å². The maximum atomic E-state index is 12.5. The van der Waals surface area contributed by atoms with Crippen molar-refractivity contribution < 1.29 is 9.53 Å². The van der Waals surface area contributed by atoms with Crippen LogP contribution in [-0.4, -0.2) is 43.7 Å². The van der Waals surface area contributed by atoms with Gasteiger partial charge in [-0.25, -0.2) is 4.79 Å². The number of hydrogen-bond donors (Lipinski definition) is 2. The molecule has 126 valence electrons. The minimum atomic E-state index is 0.0763. The Kier molecular flexibility index (Phi) is 5.06. The van der Waals surface area contributed by atoms with Crippen LogP contribution in [0.2, 0.25) is 0 Å². The molecular weight excluding hydrogens is 290 g/mol. The van der Waals surface area contributed by atoms with Crippen molar-refractivity contribution in [3.8, 4) is 5.75 Å². The van der Waals surface area contributed by atoms with Crippen LogP contribution < -0.4 is 15.8 Å². The molecule has 0 spiro atoms. The monoisotopic (exact) mass is 317 g/mol. The molecule has 1 aliphatic heterocycles. The van der Waals surface area contributed by atoms with E-state index in [1.54, 1.807) is 7.11 Å².